The van der Waals surface area contributed by atoms with Gasteiger partial charge in [-0.2, -0.15) is 5.10 Å². The van der Waals surface area contributed by atoms with Crippen LogP contribution in [0.1, 0.15) is 5.56 Å². The average molecular weight is 431 g/mol. The zero-order chi connectivity index (χ0) is 15.9. The molecular weight excluding hydrogens is 419 g/mol. The van der Waals surface area contributed by atoms with Gasteiger partial charge in [0.1, 0.15) is 11.5 Å². The molecule has 0 unspecified atom stereocenters. The van der Waals surface area contributed by atoms with Crippen molar-refractivity contribution < 1.29 is 14.6 Å². The number of para-hydroxylation sites is 1. The van der Waals surface area contributed by atoms with Gasteiger partial charge in [-0.25, -0.2) is 5.43 Å². The number of halogens is 2. The van der Waals surface area contributed by atoms with Gasteiger partial charge in [-0.3, -0.25) is 4.79 Å². The smallest absolute Gasteiger partial charge is 0.277 e. The SMILES string of the molecule is O=C(COc1ccccc1Cl)NN=Cc1ccc(O)c(I)c1. The molecule has 22 heavy (non-hydrogen) atoms. The number of aromatic hydroxyl groups is 1. The van der Waals surface area contributed by atoms with Gasteiger partial charge in [0, 0.05) is 0 Å². The van der Waals surface area contributed by atoms with E-state index >= 15 is 0 Å². The molecule has 0 saturated carbocycles. The van der Waals surface area contributed by atoms with Gasteiger partial charge in [0.15, 0.2) is 6.61 Å². The molecule has 7 heteroatoms. The minimum absolute atomic E-state index is 0.186. The third-order valence-corrected chi connectivity index (χ3v) is 3.75. The fourth-order valence-corrected chi connectivity index (χ4v) is 2.25. The molecular formula is C15H12ClIN2O3. The maximum Gasteiger partial charge on any atom is 0.277 e. The van der Waals surface area contributed by atoms with Crippen LogP contribution in [0.15, 0.2) is 47.6 Å². The Hall–Kier alpha value is -1.80. The third kappa shape index (κ3) is 4.88. The van der Waals surface area contributed by atoms with Crippen molar-refractivity contribution in [1.29, 1.82) is 0 Å². The number of hydrogen-bond acceptors (Lipinski definition) is 4. The zero-order valence-corrected chi connectivity index (χ0v) is 14.2. The van der Waals surface area contributed by atoms with E-state index in [-0.39, 0.29) is 12.4 Å². The first kappa shape index (κ1) is 16.6. The Balaban J connectivity index is 1.83. The summed E-state index contributed by atoms with van der Waals surface area (Å²) in [6, 6.07) is 11.9. The molecule has 0 heterocycles. The van der Waals surface area contributed by atoms with Crippen molar-refractivity contribution in [3.63, 3.8) is 0 Å². The lowest BCUT2D eigenvalue weighted by Crippen LogP contribution is -2.24. The predicted octanol–water partition coefficient (Wildman–Crippen LogP) is 3.18. The summed E-state index contributed by atoms with van der Waals surface area (Å²) in [5.74, 6) is 0.246. The molecule has 0 radical (unpaired) electrons. The van der Waals surface area contributed by atoms with Gasteiger partial charge in [0.25, 0.3) is 5.91 Å². The molecule has 0 bridgehead atoms. The van der Waals surface area contributed by atoms with Gasteiger partial charge in [-0.15, -0.1) is 0 Å². The van der Waals surface area contributed by atoms with Gasteiger partial charge in [0.2, 0.25) is 0 Å². The number of nitrogens with one attached hydrogen (secondary N) is 1. The second kappa shape index (κ2) is 8.00. The number of nitrogens with zero attached hydrogens (tertiary/aromatic N) is 1. The Morgan fingerprint density at radius 1 is 1.36 bits per heavy atom. The monoisotopic (exact) mass is 430 g/mol. The van der Waals surface area contributed by atoms with Crippen LogP contribution in [0, 0.1) is 3.57 Å². The highest BCUT2D eigenvalue weighted by molar-refractivity contribution is 14.1. The van der Waals surface area contributed by atoms with Crippen LogP contribution in [-0.4, -0.2) is 23.8 Å². The van der Waals surface area contributed by atoms with E-state index in [0.717, 1.165) is 5.56 Å². The highest BCUT2D eigenvalue weighted by Gasteiger charge is 2.04. The lowest BCUT2D eigenvalue weighted by Gasteiger charge is -2.06. The molecule has 0 aliphatic heterocycles. The number of phenolic OH excluding ortho intramolecular Hbond substituents is 1. The molecule has 1 amide bonds. The minimum atomic E-state index is -0.398. The summed E-state index contributed by atoms with van der Waals surface area (Å²) in [4.78, 5) is 11.6. The molecule has 2 rings (SSSR count). The number of carbonyl (C=O) groups is 1. The van der Waals surface area contributed by atoms with Gasteiger partial charge in [-0.05, 0) is 58.5 Å². The molecule has 2 aromatic carbocycles. The Kier molecular flexibility index (Phi) is 6.02. The van der Waals surface area contributed by atoms with E-state index < -0.39 is 5.91 Å². The number of carbonyl (C=O) groups excluding carboxylic acids is 1. The molecule has 0 aliphatic rings. The van der Waals surface area contributed by atoms with Crippen molar-refractivity contribution in [2.24, 2.45) is 5.10 Å². The van der Waals surface area contributed by atoms with Crippen LogP contribution in [0.4, 0.5) is 0 Å². The topological polar surface area (TPSA) is 70.9 Å². The lowest BCUT2D eigenvalue weighted by molar-refractivity contribution is -0.123. The van der Waals surface area contributed by atoms with Gasteiger partial charge in [-0.1, -0.05) is 23.7 Å². The summed E-state index contributed by atoms with van der Waals surface area (Å²) >= 11 is 7.92. The fourth-order valence-electron chi connectivity index (χ4n) is 1.52. The summed E-state index contributed by atoms with van der Waals surface area (Å²) < 4.78 is 5.99. The number of ether oxygens (including phenoxy) is 1. The number of amides is 1. The second-order valence-electron chi connectivity index (χ2n) is 4.22. The molecule has 2 aromatic rings. The molecule has 0 aliphatic carbocycles. The van der Waals surface area contributed by atoms with E-state index in [0.29, 0.717) is 14.3 Å². The van der Waals surface area contributed by atoms with Crippen molar-refractivity contribution in [3.05, 3.63) is 56.6 Å². The number of benzene rings is 2. The van der Waals surface area contributed by atoms with E-state index in [1.165, 1.54) is 6.21 Å². The van der Waals surface area contributed by atoms with Gasteiger partial charge in [0.05, 0.1) is 14.8 Å². The maximum atomic E-state index is 11.6. The van der Waals surface area contributed by atoms with E-state index in [2.05, 4.69) is 10.5 Å². The molecule has 2 N–H and O–H groups in total. The number of hydrogen-bond donors (Lipinski definition) is 2. The standard InChI is InChI=1S/C15H12ClIN2O3/c16-11-3-1-2-4-14(11)22-9-15(21)19-18-8-10-5-6-13(20)12(17)7-10/h1-8,20H,9H2,(H,19,21). The van der Waals surface area contributed by atoms with Gasteiger partial charge < -0.3 is 9.84 Å². The fraction of sp³-hybridized carbons (Fsp3) is 0.0667. The predicted molar refractivity (Wildman–Crippen MR) is 93.5 cm³/mol. The Morgan fingerprint density at radius 3 is 2.86 bits per heavy atom. The average Bonchev–Trinajstić information content (AvgIpc) is 2.50. The summed E-state index contributed by atoms with van der Waals surface area (Å²) in [5.41, 5.74) is 3.11. The second-order valence-corrected chi connectivity index (χ2v) is 5.79. The summed E-state index contributed by atoms with van der Waals surface area (Å²) in [6.07, 6.45) is 1.48. The van der Waals surface area contributed by atoms with E-state index in [1.54, 1.807) is 42.5 Å². The van der Waals surface area contributed by atoms with Crippen molar-refractivity contribution in [2.75, 3.05) is 6.61 Å². The quantitative estimate of drug-likeness (QED) is 0.435. The van der Waals surface area contributed by atoms with Crippen LogP contribution in [0.5, 0.6) is 11.5 Å². The summed E-state index contributed by atoms with van der Waals surface area (Å²) in [5, 5.41) is 13.7. The van der Waals surface area contributed by atoms with Crippen molar-refractivity contribution in [3.8, 4) is 11.5 Å². The van der Waals surface area contributed by atoms with Crippen molar-refractivity contribution in [1.82, 2.24) is 5.43 Å². The number of rotatable bonds is 5. The van der Waals surface area contributed by atoms with Crippen molar-refractivity contribution >= 4 is 46.3 Å². The highest BCUT2D eigenvalue weighted by atomic mass is 127. The van der Waals surface area contributed by atoms with Crippen LogP contribution in [0.25, 0.3) is 0 Å². The third-order valence-electron chi connectivity index (χ3n) is 2.57. The van der Waals surface area contributed by atoms with Crippen LogP contribution < -0.4 is 10.2 Å². The van der Waals surface area contributed by atoms with E-state index in [1.807, 2.05) is 22.6 Å². The Morgan fingerprint density at radius 2 is 2.14 bits per heavy atom. The Labute approximate surface area is 146 Å². The molecule has 0 atom stereocenters. The lowest BCUT2D eigenvalue weighted by atomic mass is 10.2. The zero-order valence-electron chi connectivity index (χ0n) is 11.3. The molecule has 0 aromatic heterocycles. The molecule has 0 spiro atoms. The first-order valence-corrected chi connectivity index (χ1v) is 7.69. The largest absolute Gasteiger partial charge is 0.507 e. The van der Waals surface area contributed by atoms with E-state index in [9.17, 15) is 9.90 Å². The maximum absolute atomic E-state index is 11.6. The Bertz CT molecular complexity index is 707. The minimum Gasteiger partial charge on any atom is -0.507 e. The van der Waals surface area contributed by atoms with E-state index in [4.69, 9.17) is 16.3 Å². The summed E-state index contributed by atoms with van der Waals surface area (Å²) in [6.45, 7) is -0.186. The highest BCUT2D eigenvalue weighted by Crippen LogP contribution is 2.22. The molecule has 0 fully saturated rings. The number of hydrazone groups is 1. The first-order valence-electron chi connectivity index (χ1n) is 6.24. The normalized spacial score (nSPS) is 10.6. The van der Waals surface area contributed by atoms with Crippen LogP contribution >= 0.6 is 34.2 Å². The van der Waals surface area contributed by atoms with Crippen LogP contribution in [0.2, 0.25) is 5.02 Å². The number of phenols is 1. The van der Waals surface area contributed by atoms with Crippen molar-refractivity contribution in [2.45, 2.75) is 0 Å². The molecule has 114 valence electrons. The first-order chi connectivity index (χ1) is 10.6. The molecule has 0 saturated heterocycles. The molecule has 5 nitrogen and oxygen atoms in total. The van der Waals surface area contributed by atoms with Gasteiger partial charge >= 0.3 is 0 Å². The van der Waals surface area contributed by atoms with Crippen LogP contribution in [0.3, 0.4) is 0 Å². The summed E-state index contributed by atoms with van der Waals surface area (Å²) in [7, 11) is 0. The van der Waals surface area contributed by atoms with Crippen LogP contribution in [-0.2, 0) is 4.79 Å².